The van der Waals surface area contributed by atoms with Crippen molar-refractivity contribution in [3.05, 3.63) is 28.1 Å². The third-order valence-corrected chi connectivity index (χ3v) is 5.01. The lowest BCUT2D eigenvalue weighted by Gasteiger charge is -2.07. The van der Waals surface area contributed by atoms with E-state index in [2.05, 4.69) is 38.5 Å². The van der Waals surface area contributed by atoms with Crippen LogP contribution in [-0.2, 0) is 4.79 Å². The number of amides is 1. The Morgan fingerprint density at radius 3 is 2.88 bits per heavy atom. The van der Waals surface area contributed by atoms with Crippen LogP contribution in [0.3, 0.4) is 0 Å². The molecule has 0 aliphatic carbocycles. The Balaban J connectivity index is 1.93. The van der Waals surface area contributed by atoms with E-state index in [1.54, 1.807) is 7.11 Å². The van der Waals surface area contributed by atoms with Crippen molar-refractivity contribution in [3.63, 3.8) is 0 Å². The zero-order valence-corrected chi connectivity index (χ0v) is 17.3. The van der Waals surface area contributed by atoms with Crippen LogP contribution in [0.1, 0.15) is 32.6 Å². The zero-order chi connectivity index (χ0) is 18.2. The molecule has 5 nitrogen and oxygen atoms in total. The van der Waals surface area contributed by atoms with E-state index in [0.29, 0.717) is 11.6 Å². The number of rotatable bonds is 7. The van der Waals surface area contributed by atoms with Crippen molar-refractivity contribution < 1.29 is 9.53 Å². The van der Waals surface area contributed by atoms with Gasteiger partial charge in [-0.1, -0.05) is 19.8 Å². The Hall–Kier alpha value is -1.51. The Kier molecular flexibility index (Phi) is 7.80. The van der Waals surface area contributed by atoms with E-state index in [1.165, 1.54) is 11.3 Å². The number of hydrogen-bond acceptors (Lipinski definition) is 5. The van der Waals surface area contributed by atoms with Gasteiger partial charge in [-0.2, -0.15) is 0 Å². The average Bonchev–Trinajstić information content (AvgIpc) is 3.03. The number of ether oxygens (including phenoxy) is 1. The Morgan fingerprint density at radius 2 is 2.20 bits per heavy atom. The molecule has 0 aliphatic heterocycles. The van der Waals surface area contributed by atoms with Crippen molar-refractivity contribution in [2.45, 2.75) is 32.6 Å². The van der Waals surface area contributed by atoms with Crippen LogP contribution in [0.15, 0.2) is 28.1 Å². The largest absolute Gasteiger partial charge is 0.496 e. The number of halogens is 1. The van der Waals surface area contributed by atoms with Crippen molar-refractivity contribution in [1.82, 2.24) is 10.3 Å². The number of aromatic nitrogens is 1. The second kappa shape index (κ2) is 9.84. The molecule has 0 atom stereocenters. The predicted octanol–water partition coefficient (Wildman–Crippen LogP) is 4.97. The van der Waals surface area contributed by atoms with Gasteiger partial charge in [0.1, 0.15) is 5.75 Å². The molecule has 1 aromatic heterocycles. The molecule has 0 aliphatic rings. The van der Waals surface area contributed by atoms with Crippen LogP contribution in [0, 0.1) is 0 Å². The number of nitrogens with zero attached hydrogens (tertiary/aromatic N) is 1. The minimum atomic E-state index is -0.0678. The van der Waals surface area contributed by atoms with Crippen molar-refractivity contribution >= 4 is 55.6 Å². The van der Waals surface area contributed by atoms with Gasteiger partial charge in [-0.15, -0.1) is 11.3 Å². The van der Waals surface area contributed by atoms with Gasteiger partial charge in [0.25, 0.3) is 0 Å². The summed E-state index contributed by atoms with van der Waals surface area (Å²) >= 11 is 10.1. The Morgan fingerprint density at radius 1 is 1.40 bits per heavy atom. The number of methoxy groups -OCH3 is 1. The molecular formula is C17H20BrN3O2S2. The highest BCUT2D eigenvalue weighted by atomic mass is 79.9. The fraction of sp³-hybridized carbons (Fsp3) is 0.353. The lowest BCUT2D eigenvalue weighted by Crippen LogP contribution is -2.33. The van der Waals surface area contributed by atoms with Crippen LogP contribution >= 0.6 is 39.5 Å². The molecule has 0 unspecified atom stereocenters. The smallest absolute Gasteiger partial charge is 0.226 e. The molecule has 134 valence electrons. The van der Waals surface area contributed by atoms with Crippen LogP contribution in [0.4, 0.5) is 5.13 Å². The quantitative estimate of drug-likeness (QED) is 0.468. The number of thiocarbonyl (C=S) groups is 1. The van der Waals surface area contributed by atoms with Gasteiger partial charge in [0, 0.05) is 17.4 Å². The van der Waals surface area contributed by atoms with E-state index >= 15 is 0 Å². The third-order valence-electron chi connectivity index (χ3n) is 3.43. The molecule has 2 aromatic rings. The fourth-order valence-electron chi connectivity index (χ4n) is 2.14. The lowest BCUT2D eigenvalue weighted by atomic mass is 10.2. The number of nitrogens with one attached hydrogen (secondary N) is 2. The summed E-state index contributed by atoms with van der Waals surface area (Å²) in [5.41, 5.74) is 1.79. The highest BCUT2D eigenvalue weighted by Gasteiger charge is 2.10. The van der Waals surface area contributed by atoms with Gasteiger partial charge in [0.05, 0.1) is 17.3 Å². The first-order valence-corrected chi connectivity index (χ1v) is 10.0. The zero-order valence-electron chi connectivity index (χ0n) is 14.1. The van der Waals surface area contributed by atoms with Crippen LogP contribution in [0.5, 0.6) is 5.75 Å². The molecule has 2 rings (SSSR count). The van der Waals surface area contributed by atoms with Crippen LogP contribution in [0.25, 0.3) is 11.3 Å². The number of carbonyl (C=O) groups excluding carboxylic acids is 1. The number of benzene rings is 1. The SMILES string of the molecule is CCCCCC(=O)NC(=S)Nc1nc(-c2ccc(OC)c(Br)c2)cs1. The van der Waals surface area contributed by atoms with E-state index in [9.17, 15) is 4.79 Å². The lowest BCUT2D eigenvalue weighted by molar-refractivity contribution is -0.119. The molecular weight excluding hydrogens is 422 g/mol. The van der Waals surface area contributed by atoms with Gasteiger partial charge in [-0.05, 0) is 52.8 Å². The van der Waals surface area contributed by atoms with E-state index in [4.69, 9.17) is 17.0 Å². The molecule has 1 heterocycles. The number of carbonyl (C=O) groups is 1. The summed E-state index contributed by atoms with van der Waals surface area (Å²) in [5.74, 6) is 0.700. The molecule has 0 bridgehead atoms. The van der Waals surface area contributed by atoms with Gasteiger partial charge in [-0.3, -0.25) is 4.79 Å². The molecule has 2 N–H and O–H groups in total. The van der Waals surface area contributed by atoms with E-state index in [1.807, 2.05) is 23.6 Å². The summed E-state index contributed by atoms with van der Waals surface area (Å²) in [4.78, 5) is 16.3. The van der Waals surface area contributed by atoms with Crippen molar-refractivity contribution in [1.29, 1.82) is 0 Å². The predicted molar refractivity (Wildman–Crippen MR) is 110 cm³/mol. The number of thiazole rings is 1. The van der Waals surface area contributed by atoms with E-state index in [-0.39, 0.29) is 11.0 Å². The van der Waals surface area contributed by atoms with Crippen molar-refractivity contribution in [2.24, 2.45) is 0 Å². The molecule has 0 spiro atoms. The highest BCUT2D eigenvalue weighted by molar-refractivity contribution is 9.10. The number of unbranched alkanes of at least 4 members (excludes halogenated alkanes) is 2. The van der Waals surface area contributed by atoms with Gasteiger partial charge in [-0.25, -0.2) is 4.98 Å². The van der Waals surface area contributed by atoms with E-state index < -0.39 is 0 Å². The monoisotopic (exact) mass is 441 g/mol. The maximum Gasteiger partial charge on any atom is 0.226 e. The van der Waals surface area contributed by atoms with Crippen molar-refractivity contribution in [2.75, 3.05) is 12.4 Å². The summed E-state index contributed by atoms with van der Waals surface area (Å²) in [6.45, 7) is 2.10. The molecule has 1 amide bonds. The first kappa shape index (κ1) is 19.8. The normalized spacial score (nSPS) is 10.4. The van der Waals surface area contributed by atoms with Gasteiger partial charge >= 0.3 is 0 Å². The summed E-state index contributed by atoms with van der Waals surface area (Å²) in [6.07, 6.45) is 3.48. The van der Waals surface area contributed by atoms with Gasteiger partial charge in [0.2, 0.25) is 5.91 Å². The standard InChI is InChI=1S/C17H20BrN3O2S2/c1-3-4-5-6-15(22)20-16(24)21-17-19-13(10-25-17)11-7-8-14(23-2)12(18)9-11/h7-10H,3-6H2,1-2H3,(H2,19,20,21,22,24). The van der Waals surface area contributed by atoms with Crippen LogP contribution < -0.4 is 15.4 Å². The molecule has 0 saturated heterocycles. The summed E-state index contributed by atoms with van der Waals surface area (Å²) in [6, 6.07) is 5.77. The van der Waals surface area contributed by atoms with E-state index in [0.717, 1.165) is 40.7 Å². The first-order valence-electron chi connectivity index (χ1n) is 7.93. The van der Waals surface area contributed by atoms with Crippen LogP contribution in [-0.4, -0.2) is 23.1 Å². The average molecular weight is 442 g/mol. The summed E-state index contributed by atoms with van der Waals surface area (Å²) < 4.78 is 6.10. The van der Waals surface area contributed by atoms with Gasteiger partial charge < -0.3 is 15.4 Å². The molecule has 25 heavy (non-hydrogen) atoms. The molecule has 8 heteroatoms. The van der Waals surface area contributed by atoms with Crippen LogP contribution in [0.2, 0.25) is 0 Å². The molecule has 0 radical (unpaired) electrons. The maximum atomic E-state index is 11.8. The summed E-state index contributed by atoms with van der Waals surface area (Å²) in [5, 5.41) is 8.49. The minimum Gasteiger partial charge on any atom is -0.496 e. The first-order chi connectivity index (χ1) is 12.0. The van der Waals surface area contributed by atoms with Gasteiger partial charge in [0.15, 0.2) is 10.2 Å². The maximum absolute atomic E-state index is 11.8. The Labute approximate surface area is 165 Å². The molecule has 1 aromatic carbocycles. The number of hydrogen-bond donors (Lipinski definition) is 2. The molecule has 0 fully saturated rings. The minimum absolute atomic E-state index is 0.0678. The van der Waals surface area contributed by atoms with Crippen molar-refractivity contribution in [3.8, 4) is 17.0 Å². The second-order valence-corrected chi connectivity index (χ2v) is 7.47. The fourth-order valence-corrected chi connectivity index (χ4v) is 3.68. The second-order valence-electron chi connectivity index (χ2n) is 5.35. The highest BCUT2D eigenvalue weighted by Crippen LogP contribution is 2.31. The topological polar surface area (TPSA) is 63.2 Å². The summed E-state index contributed by atoms with van der Waals surface area (Å²) in [7, 11) is 1.63. The third kappa shape index (κ3) is 6.05. The number of anilines is 1. The molecule has 0 saturated carbocycles. The Bertz CT molecular complexity index is 749.